The summed E-state index contributed by atoms with van der Waals surface area (Å²) >= 11 is 0. The Morgan fingerprint density at radius 3 is 2.47 bits per heavy atom. The van der Waals surface area contributed by atoms with Crippen LogP contribution in [0.2, 0.25) is 0 Å². The number of carbonyl (C=O) groups excluding carboxylic acids is 1. The van der Waals surface area contributed by atoms with Crippen LogP contribution in [0.1, 0.15) is 39.5 Å². The largest absolute Gasteiger partial charge is 0.481 e. The molecule has 2 amide bonds. The number of amides is 2. The number of hydrogen-bond donors (Lipinski definition) is 3. The highest BCUT2D eigenvalue weighted by molar-refractivity contribution is 5.76. The van der Waals surface area contributed by atoms with Gasteiger partial charge in [0.25, 0.3) is 0 Å². The molecule has 19 heavy (non-hydrogen) atoms. The summed E-state index contributed by atoms with van der Waals surface area (Å²) in [5.74, 6) is 0.0650. The first-order valence-corrected chi connectivity index (χ1v) is 7.24. The molecule has 0 heterocycles. The van der Waals surface area contributed by atoms with Crippen molar-refractivity contribution in [2.75, 3.05) is 6.54 Å². The van der Waals surface area contributed by atoms with Gasteiger partial charge in [-0.3, -0.25) is 4.79 Å². The van der Waals surface area contributed by atoms with E-state index in [1.165, 1.54) is 19.3 Å². The minimum absolute atomic E-state index is 0.0142. The number of carbonyl (C=O) groups is 2. The number of carboxylic acids is 1. The van der Waals surface area contributed by atoms with Gasteiger partial charge in [0.05, 0.1) is 5.92 Å². The summed E-state index contributed by atoms with van der Waals surface area (Å²) in [6.45, 7) is 3.91. The Balaban J connectivity index is 1.74. The molecule has 5 nitrogen and oxygen atoms in total. The Bertz CT molecular complexity index is 357. The maximum absolute atomic E-state index is 11.8. The highest BCUT2D eigenvalue weighted by atomic mass is 16.4. The minimum atomic E-state index is -0.852. The third-order valence-corrected chi connectivity index (χ3v) is 4.66. The summed E-state index contributed by atoms with van der Waals surface area (Å²) in [6.07, 6.45) is 4.86. The molecule has 2 saturated carbocycles. The summed E-state index contributed by atoms with van der Waals surface area (Å²) in [4.78, 5) is 22.8. The zero-order valence-electron chi connectivity index (χ0n) is 11.7. The summed E-state index contributed by atoms with van der Waals surface area (Å²) in [5.41, 5.74) is 0. The molecule has 108 valence electrons. The van der Waals surface area contributed by atoms with E-state index in [0.717, 1.165) is 12.3 Å². The number of urea groups is 1. The maximum Gasteiger partial charge on any atom is 0.315 e. The molecule has 0 aromatic carbocycles. The van der Waals surface area contributed by atoms with E-state index in [1.54, 1.807) is 0 Å². The van der Waals surface area contributed by atoms with Crippen LogP contribution in [0.25, 0.3) is 0 Å². The molecule has 2 bridgehead atoms. The van der Waals surface area contributed by atoms with Gasteiger partial charge in [-0.2, -0.15) is 0 Å². The molecule has 0 aromatic rings. The van der Waals surface area contributed by atoms with E-state index < -0.39 is 11.9 Å². The Morgan fingerprint density at radius 1 is 1.26 bits per heavy atom. The normalized spacial score (nSPS) is 30.4. The molecule has 3 N–H and O–H groups in total. The van der Waals surface area contributed by atoms with Crippen molar-refractivity contribution < 1.29 is 14.7 Å². The summed E-state index contributed by atoms with van der Waals surface area (Å²) in [5, 5.41) is 14.8. The Labute approximate surface area is 114 Å². The van der Waals surface area contributed by atoms with Crippen LogP contribution in [0.15, 0.2) is 0 Å². The number of nitrogens with one attached hydrogen (secondary N) is 2. The third kappa shape index (κ3) is 3.39. The molecule has 0 radical (unpaired) electrons. The van der Waals surface area contributed by atoms with Gasteiger partial charge in [-0.25, -0.2) is 4.79 Å². The zero-order valence-corrected chi connectivity index (χ0v) is 11.7. The topological polar surface area (TPSA) is 78.4 Å². The van der Waals surface area contributed by atoms with Crippen molar-refractivity contribution in [3.8, 4) is 0 Å². The highest BCUT2D eigenvalue weighted by Crippen LogP contribution is 2.44. The second-order valence-electron chi connectivity index (χ2n) is 6.32. The fraction of sp³-hybridized carbons (Fsp3) is 0.857. The smallest absolute Gasteiger partial charge is 0.315 e. The Morgan fingerprint density at radius 2 is 2.00 bits per heavy atom. The van der Waals surface area contributed by atoms with E-state index in [0.29, 0.717) is 12.0 Å². The Kier molecular flexibility index (Phi) is 4.32. The molecule has 0 saturated heterocycles. The van der Waals surface area contributed by atoms with Gasteiger partial charge in [0.1, 0.15) is 0 Å². The third-order valence-electron chi connectivity index (χ3n) is 4.66. The lowest BCUT2D eigenvalue weighted by atomic mass is 9.95. The second-order valence-corrected chi connectivity index (χ2v) is 6.32. The van der Waals surface area contributed by atoms with Crippen molar-refractivity contribution in [3.05, 3.63) is 0 Å². The molecule has 2 fully saturated rings. The van der Waals surface area contributed by atoms with Gasteiger partial charge in [-0.15, -0.1) is 0 Å². The number of hydrogen-bond acceptors (Lipinski definition) is 2. The average molecular weight is 268 g/mol. The van der Waals surface area contributed by atoms with Crippen LogP contribution in [-0.2, 0) is 4.79 Å². The lowest BCUT2D eigenvalue weighted by Gasteiger charge is -2.24. The van der Waals surface area contributed by atoms with Gasteiger partial charge < -0.3 is 15.7 Å². The van der Waals surface area contributed by atoms with E-state index in [9.17, 15) is 9.59 Å². The van der Waals surface area contributed by atoms with Crippen molar-refractivity contribution in [3.63, 3.8) is 0 Å². The summed E-state index contributed by atoms with van der Waals surface area (Å²) < 4.78 is 0. The first-order chi connectivity index (χ1) is 8.97. The lowest BCUT2D eigenvalue weighted by Crippen LogP contribution is -2.46. The molecule has 5 heteroatoms. The number of fused-ring (bicyclic) bond motifs is 2. The molecule has 2 aliphatic rings. The Hall–Kier alpha value is -1.26. The highest BCUT2D eigenvalue weighted by Gasteiger charge is 2.40. The molecule has 2 rings (SSSR count). The molecule has 0 aliphatic heterocycles. The van der Waals surface area contributed by atoms with Crippen LogP contribution < -0.4 is 10.6 Å². The van der Waals surface area contributed by atoms with Gasteiger partial charge in [-0.05, 0) is 37.0 Å². The molecular formula is C14H24N2O3. The number of carboxylic acid groups (broad SMARTS) is 1. The molecule has 4 atom stereocenters. The zero-order chi connectivity index (χ0) is 14.0. The van der Waals surface area contributed by atoms with Gasteiger partial charge in [0.2, 0.25) is 0 Å². The molecule has 0 spiro atoms. The van der Waals surface area contributed by atoms with Crippen LogP contribution in [0.4, 0.5) is 4.79 Å². The van der Waals surface area contributed by atoms with Gasteiger partial charge >= 0.3 is 12.0 Å². The standard InChI is InChI=1S/C14H24N2O3/c1-8(2)11(13(17)18)7-15-14(19)16-12-6-9-3-4-10(12)5-9/h8-12H,3-7H2,1-2H3,(H,17,18)(H2,15,16,19). The molecule has 2 aliphatic carbocycles. The van der Waals surface area contributed by atoms with Crippen molar-refractivity contribution in [1.82, 2.24) is 10.6 Å². The SMILES string of the molecule is CC(C)C(CNC(=O)NC1CC2CCC1C2)C(=O)O. The summed E-state index contributed by atoms with van der Waals surface area (Å²) in [6, 6.07) is 0.0746. The minimum Gasteiger partial charge on any atom is -0.481 e. The fourth-order valence-electron chi connectivity index (χ4n) is 3.45. The van der Waals surface area contributed by atoms with Gasteiger partial charge in [-0.1, -0.05) is 20.3 Å². The molecule has 0 aromatic heterocycles. The predicted molar refractivity (Wildman–Crippen MR) is 71.7 cm³/mol. The monoisotopic (exact) mass is 268 g/mol. The van der Waals surface area contributed by atoms with Crippen molar-refractivity contribution >= 4 is 12.0 Å². The fourth-order valence-corrected chi connectivity index (χ4v) is 3.45. The van der Waals surface area contributed by atoms with E-state index in [-0.39, 0.29) is 18.5 Å². The van der Waals surface area contributed by atoms with E-state index in [2.05, 4.69) is 10.6 Å². The van der Waals surface area contributed by atoms with E-state index in [1.807, 2.05) is 13.8 Å². The predicted octanol–water partition coefficient (Wildman–Crippen LogP) is 1.83. The van der Waals surface area contributed by atoms with Crippen LogP contribution in [0.3, 0.4) is 0 Å². The van der Waals surface area contributed by atoms with Gasteiger partial charge in [0, 0.05) is 12.6 Å². The first kappa shape index (κ1) is 14.2. The quantitative estimate of drug-likeness (QED) is 0.712. The van der Waals surface area contributed by atoms with E-state index >= 15 is 0 Å². The van der Waals surface area contributed by atoms with Crippen molar-refractivity contribution in [2.24, 2.45) is 23.7 Å². The van der Waals surface area contributed by atoms with Crippen LogP contribution in [0.5, 0.6) is 0 Å². The van der Waals surface area contributed by atoms with Crippen LogP contribution in [-0.4, -0.2) is 29.7 Å². The summed E-state index contributed by atoms with van der Waals surface area (Å²) in [7, 11) is 0. The maximum atomic E-state index is 11.8. The molecule has 4 unspecified atom stereocenters. The number of rotatable bonds is 5. The lowest BCUT2D eigenvalue weighted by molar-refractivity contribution is -0.142. The molecular weight excluding hydrogens is 244 g/mol. The average Bonchev–Trinajstić information content (AvgIpc) is 2.89. The van der Waals surface area contributed by atoms with E-state index in [4.69, 9.17) is 5.11 Å². The van der Waals surface area contributed by atoms with Crippen molar-refractivity contribution in [1.29, 1.82) is 0 Å². The van der Waals surface area contributed by atoms with Crippen LogP contribution in [0, 0.1) is 23.7 Å². The number of aliphatic carboxylic acids is 1. The van der Waals surface area contributed by atoms with Crippen LogP contribution >= 0.6 is 0 Å². The van der Waals surface area contributed by atoms with Gasteiger partial charge in [0.15, 0.2) is 0 Å². The van der Waals surface area contributed by atoms with Crippen molar-refractivity contribution in [2.45, 2.75) is 45.6 Å². The second kappa shape index (κ2) is 5.80. The first-order valence-electron chi connectivity index (χ1n) is 7.24.